The molecule has 1 heterocycles. The molecule has 1 saturated heterocycles. The van der Waals surface area contributed by atoms with Gasteiger partial charge in [0, 0.05) is 42.0 Å². The van der Waals surface area contributed by atoms with Crippen molar-refractivity contribution in [3.05, 3.63) is 28.2 Å². The van der Waals surface area contributed by atoms with Gasteiger partial charge in [-0.1, -0.05) is 0 Å². The Morgan fingerprint density at radius 3 is 2.61 bits per heavy atom. The van der Waals surface area contributed by atoms with E-state index in [1.165, 1.54) is 0 Å². The highest BCUT2D eigenvalue weighted by Gasteiger charge is 2.19. The monoisotopic (exact) mass is 311 g/mol. The van der Waals surface area contributed by atoms with Crippen molar-refractivity contribution in [1.29, 1.82) is 0 Å². The molecule has 4 heteroatoms. The van der Waals surface area contributed by atoms with Crippen LogP contribution in [0.25, 0.3) is 0 Å². The average Bonchev–Trinajstić information content (AvgIpc) is 2.38. The second-order valence-electron chi connectivity index (χ2n) is 4.67. The van der Waals surface area contributed by atoms with Crippen LogP contribution in [0.15, 0.2) is 22.7 Å². The lowest BCUT2D eigenvalue weighted by atomic mass is 10.1. The Hall–Kier alpha value is -0.870. The molecule has 0 atom stereocenters. The highest BCUT2D eigenvalue weighted by atomic mass is 79.9. The lowest BCUT2D eigenvalue weighted by Gasteiger charge is -2.33. The molecule has 1 aliphatic rings. The lowest BCUT2D eigenvalue weighted by molar-refractivity contribution is 0.0855. The van der Waals surface area contributed by atoms with Gasteiger partial charge < -0.3 is 9.64 Å². The molecule has 0 radical (unpaired) electrons. The van der Waals surface area contributed by atoms with E-state index in [0.29, 0.717) is 6.04 Å². The van der Waals surface area contributed by atoms with Crippen LogP contribution in [0.4, 0.5) is 5.69 Å². The van der Waals surface area contributed by atoms with Crippen LogP contribution in [-0.4, -0.2) is 32.1 Å². The summed E-state index contributed by atoms with van der Waals surface area (Å²) in [6.07, 6.45) is 2.12. The minimum atomic E-state index is 0.0853. The summed E-state index contributed by atoms with van der Waals surface area (Å²) in [5, 5.41) is 0. The summed E-state index contributed by atoms with van der Waals surface area (Å²) in [7, 11) is 2.10. The number of halogens is 1. The molecule has 1 aromatic carbocycles. The summed E-state index contributed by atoms with van der Waals surface area (Å²) in [6.45, 7) is 3.26. The Kier molecular flexibility index (Phi) is 4.40. The number of carbonyl (C=O) groups excluding carboxylic acids is 1. The maximum atomic E-state index is 11.4. The van der Waals surface area contributed by atoms with Crippen LogP contribution < -0.4 is 4.90 Å². The fourth-order valence-corrected chi connectivity index (χ4v) is 2.94. The summed E-state index contributed by atoms with van der Waals surface area (Å²) in [5.41, 5.74) is 1.87. The molecule has 2 rings (SSSR count). The molecule has 0 aliphatic carbocycles. The fraction of sp³-hybridized carbons (Fsp3) is 0.500. The van der Waals surface area contributed by atoms with Crippen molar-refractivity contribution in [2.75, 3.05) is 25.2 Å². The topological polar surface area (TPSA) is 29.5 Å². The van der Waals surface area contributed by atoms with Crippen LogP contribution in [-0.2, 0) is 4.74 Å². The number of anilines is 1. The van der Waals surface area contributed by atoms with Crippen LogP contribution in [0.5, 0.6) is 0 Å². The lowest BCUT2D eigenvalue weighted by Crippen LogP contribution is -2.36. The smallest absolute Gasteiger partial charge is 0.160 e. The second kappa shape index (κ2) is 5.85. The van der Waals surface area contributed by atoms with Crippen molar-refractivity contribution in [2.24, 2.45) is 0 Å². The van der Waals surface area contributed by atoms with E-state index in [9.17, 15) is 4.79 Å². The zero-order chi connectivity index (χ0) is 13.1. The number of ether oxygens (including phenoxy) is 1. The molecule has 3 nitrogen and oxygen atoms in total. The number of hydrogen-bond donors (Lipinski definition) is 0. The maximum absolute atomic E-state index is 11.4. The quantitative estimate of drug-likeness (QED) is 0.802. The Morgan fingerprint density at radius 1 is 1.39 bits per heavy atom. The fourth-order valence-electron chi connectivity index (χ4n) is 2.29. The summed E-state index contributed by atoms with van der Waals surface area (Å²) >= 11 is 3.47. The van der Waals surface area contributed by atoms with Gasteiger partial charge in [-0.25, -0.2) is 0 Å². The number of Topliss-reactive ketones (excluding diaryl/α,β-unsaturated/α-hetero) is 1. The number of benzene rings is 1. The average molecular weight is 312 g/mol. The van der Waals surface area contributed by atoms with Gasteiger partial charge in [0.1, 0.15) is 0 Å². The standard InChI is InChI=1S/C14H18BrNO2/c1-10(17)13-4-3-12(9-14(13)15)16(2)11-5-7-18-8-6-11/h3-4,9,11H,5-8H2,1-2H3. The molecule has 0 saturated carbocycles. The first-order valence-corrected chi connectivity index (χ1v) is 7.00. The second-order valence-corrected chi connectivity index (χ2v) is 5.53. The molecular weight excluding hydrogens is 294 g/mol. The molecule has 0 amide bonds. The number of carbonyl (C=O) groups is 1. The van der Waals surface area contributed by atoms with E-state index in [1.54, 1.807) is 6.92 Å². The van der Waals surface area contributed by atoms with E-state index in [1.807, 2.05) is 18.2 Å². The SMILES string of the molecule is CC(=O)c1ccc(N(C)C2CCOCC2)cc1Br. The molecule has 0 unspecified atom stereocenters. The minimum absolute atomic E-state index is 0.0853. The van der Waals surface area contributed by atoms with Crippen molar-refractivity contribution in [3.63, 3.8) is 0 Å². The van der Waals surface area contributed by atoms with Crippen LogP contribution in [0.2, 0.25) is 0 Å². The van der Waals surface area contributed by atoms with Crippen LogP contribution in [0.1, 0.15) is 30.1 Å². The summed E-state index contributed by atoms with van der Waals surface area (Å²) in [5.74, 6) is 0.0853. The molecule has 0 N–H and O–H groups in total. The van der Waals surface area contributed by atoms with Gasteiger partial charge in [-0.2, -0.15) is 0 Å². The third-order valence-electron chi connectivity index (χ3n) is 3.48. The van der Waals surface area contributed by atoms with Gasteiger partial charge in [0.05, 0.1) is 0 Å². The molecule has 18 heavy (non-hydrogen) atoms. The van der Waals surface area contributed by atoms with Gasteiger partial charge in [-0.05, 0) is 53.9 Å². The number of ketones is 1. The molecule has 0 bridgehead atoms. The third kappa shape index (κ3) is 2.93. The third-order valence-corrected chi connectivity index (χ3v) is 4.13. The van der Waals surface area contributed by atoms with Crippen molar-refractivity contribution < 1.29 is 9.53 Å². The predicted molar refractivity (Wildman–Crippen MR) is 76.4 cm³/mol. The maximum Gasteiger partial charge on any atom is 0.160 e. The summed E-state index contributed by atoms with van der Waals surface area (Å²) in [4.78, 5) is 13.7. The Morgan fingerprint density at radius 2 is 2.06 bits per heavy atom. The highest BCUT2D eigenvalue weighted by molar-refractivity contribution is 9.10. The van der Waals surface area contributed by atoms with Crippen molar-refractivity contribution in [2.45, 2.75) is 25.8 Å². The van der Waals surface area contributed by atoms with E-state index < -0.39 is 0 Å². The summed E-state index contributed by atoms with van der Waals surface area (Å²) < 4.78 is 6.25. The van der Waals surface area contributed by atoms with Crippen molar-refractivity contribution in [3.8, 4) is 0 Å². The normalized spacial score (nSPS) is 16.6. The first kappa shape index (κ1) is 13.6. The first-order valence-electron chi connectivity index (χ1n) is 6.20. The largest absolute Gasteiger partial charge is 0.381 e. The van der Waals surface area contributed by atoms with Gasteiger partial charge in [0.25, 0.3) is 0 Å². The molecule has 1 aliphatic heterocycles. The van der Waals surface area contributed by atoms with Gasteiger partial charge in [0.2, 0.25) is 0 Å². The van der Waals surface area contributed by atoms with E-state index in [0.717, 1.165) is 41.8 Å². The molecular formula is C14H18BrNO2. The molecule has 0 spiro atoms. The Balaban J connectivity index is 2.17. The highest BCUT2D eigenvalue weighted by Crippen LogP contribution is 2.27. The van der Waals surface area contributed by atoms with Gasteiger partial charge >= 0.3 is 0 Å². The molecule has 0 aromatic heterocycles. The van der Waals surface area contributed by atoms with Crippen molar-refractivity contribution in [1.82, 2.24) is 0 Å². The number of rotatable bonds is 3. The summed E-state index contributed by atoms with van der Waals surface area (Å²) in [6, 6.07) is 6.44. The van der Waals surface area contributed by atoms with Gasteiger partial charge in [-0.15, -0.1) is 0 Å². The first-order chi connectivity index (χ1) is 8.59. The van der Waals surface area contributed by atoms with Crippen LogP contribution in [0, 0.1) is 0 Å². The molecule has 1 aromatic rings. The molecule has 98 valence electrons. The Labute approximate surface area is 116 Å². The van der Waals surface area contributed by atoms with E-state index in [4.69, 9.17) is 4.74 Å². The minimum Gasteiger partial charge on any atom is -0.381 e. The van der Waals surface area contributed by atoms with Crippen LogP contribution in [0.3, 0.4) is 0 Å². The van der Waals surface area contributed by atoms with Gasteiger partial charge in [0.15, 0.2) is 5.78 Å². The van der Waals surface area contributed by atoms with E-state index in [-0.39, 0.29) is 5.78 Å². The van der Waals surface area contributed by atoms with Crippen molar-refractivity contribution >= 4 is 27.4 Å². The molecule has 1 fully saturated rings. The van der Waals surface area contributed by atoms with Gasteiger partial charge in [-0.3, -0.25) is 4.79 Å². The predicted octanol–water partition coefficient (Wildman–Crippen LogP) is 3.27. The number of hydrogen-bond acceptors (Lipinski definition) is 3. The van der Waals surface area contributed by atoms with E-state index >= 15 is 0 Å². The zero-order valence-electron chi connectivity index (χ0n) is 10.8. The van der Waals surface area contributed by atoms with Crippen LogP contribution >= 0.6 is 15.9 Å². The van der Waals surface area contributed by atoms with E-state index in [2.05, 4.69) is 27.9 Å². The Bertz CT molecular complexity index is 441. The zero-order valence-corrected chi connectivity index (χ0v) is 12.4. The number of nitrogens with zero attached hydrogens (tertiary/aromatic N) is 1.